The van der Waals surface area contributed by atoms with Crippen LogP contribution in [0.15, 0.2) is 86.2 Å². The molecule has 42 heavy (non-hydrogen) atoms. The van der Waals surface area contributed by atoms with Crippen molar-refractivity contribution in [3.05, 3.63) is 129 Å². The molecule has 0 amide bonds. The van der Waals surface area contributed by atoms with Gasteiger partial charge in [-0.25, -0.2) is 9.79 Å². The van der Waals surface area contributed by atoms with Crippen LogP contribution in [-0.4, -0.2) is 17.1 Å². The van der Waals surface area contributed by atoms with Crippen molar-refractivity contribution in [3.8, 4) is 11.8 Å². The molecule has 5 rings (SSSR count). The molecule has 1 aliphatic heterocycles. The summed E-state index contributed by atoms with van der Waals surface area (Å²) in [7, 11) is 0. The third-order valence-corrected chi connectivity index (χ3v) is 8.59. The molecule has 10 heteroatoms. The molecule has 0 saturated heterocycles. The summed E-state index contributed by atoms with van der Waals surface area (Å²) in [4.78, 5) is 32.0. The highest BCUT2D eigenvalue weighted by Crippen LogP contribution is 2.36. The van der Waals surface area contributed by atoms with Gasteiger partial charge in [0.15, 0.2) is 10.6 Å². The van der Waals surface area contributed by atoms with E-state index in [2.05, 4.69) is 27.0 Å². The molecule has 0 unspecified atom stereocenters. The summed E-state index contributed by atoms with van der Waals surface area (Å²) in [5, 5.41) is 9.70. The molecule has 4 aromatic rings. The Bertz CT molecular complexity index is 1930. The molecule has 0 fully saturated rings. The van der Waals surface area contributed by atoms with Crippen LogP contribution in [0, 0.1) is 18.3 Å². The maximum Gasteiger partial charge on any atom is 0.338 e. The zero-order valence-corrected chi connectivity index (χ0v) is 26.1. The van der Waals surface area contributed by atoms with E-state index in [1.165, 1.54) is 11.3 Å². The van der Waals surface area contributed by atoms with Crippen molar-refractivity contribution in [2.75, 3.05) is 6.61 Å². The minimum absolute atomic E-state index is 0.168. The minimum Gasteiger partial charge on any atom is -0.486 e. The second kappa shape index (κ2) is 12.5. The maximum atomic E-state index is 13.9. The van der Waals surface area contributed by atoms with Gasteiger partial charge in [0, 0.05) is 5.56 Å². The van der Waals surface area contributed by atoms with Crippen molar-refractivity contribution in [3.63, 3.8) is 0 Å². The Kier molecular flexibility index (Phi) is 8.78. The Hall–Kier alpha value is -3.97. The summed E-state index contributed by atoms with van der Waals surface area (Å²) in [6, 6.07) is 19.9. The van der Waals surface area contributed by atoms with E-state index < -0.39 is 12.0 Å². The van der Waals surface area contributed by atoms with Crippen molar-refractivity contribution in [2.45, 2.75) is 33.4 Å². The largest absolute Gasteiger partial charge is 0.486 e. The first kappa shape index (κ1) is 29.5. The maximum absolute atomic E-state index is 13.9. The number of carbonyl (C=O) groups excluding carboxylic acids is 1. The number of ether oxygens (including phenoxy) is 2. The number of fused-ring (bicyclic) bond motifs is 1. The number of halogens is 2. The van der Waals surface area contributed by atoms with Crippen LogP contribution in [0.2, 0.25) is 5.02 Å². The molecule has 0 saturated carbocycles. The fraction of sp³-hybridized carbons (Fsp3) is 0.188. The van der Waals surface area contributed by atoms with Crippen molar-refractivity contribution in [1.29, 1.82) is 5.26 Å². The zero-order chi connectivity index (χ0) is 30.0. The first-order valence-corrected chi connectivity index (χ1v) is 15.1. The number of thiazole rings is 1. The topological polar surface area (TPSA) is 93.7 Å². The molecule has 7 nitrogen and oxygen atoms in total. The van der Waals surface area contributed by atoms with Crippen LogP contribution in [0.5, 0.6) is 5.75 Å². The van der Waals surface area contributed by atoms with Gasteiger partial charge in [-0.3, -0.25) is 9.36 Å². The number of carbonyl (C=O) groups is 1. The lowest BCUT2D eigenvalue weighted by molar-refractivity contribution is -0.139. The molecule has 0 N–H and O–H groups in total. The van der Waals surface area contributed by atoms with Gasteiger partial charge >= 0.3 is 5.97 Å². The quantitative estimate of drug-likeness (QED) is 0.227. The van der Waals surface area contributed by atoms with Gasteiger partial charge in [-0.15, -0.1) is 0 Å². The number of hydrogen-bond donors (Lipinski definition) is 0. The number of nitrogens with zero attached hydrogens (tertiary/aromatic N) is 3. The van der Waals surface area contributed by atoms with Gasteiger partial charge in [0.2, 0.25) is 0 Å². The van der Waals surface area contributed by atoms with Gasteiger partial charge in [0.05, 0.1) is 49.6 Å². The van der Waals surface area contributed by atoms with E-state index in [-0.39, 0.29) is 18.8 Å². The van der Waals surface area contributed by atoms with E-state index >= 15 is 0 Å². The van der Waals surface area contributed by atoms with Crippen LogP contribution >= 0.6 is 38.9 Å². The third-order valence-electron chi connectivity index (χ3n) is 6.74. The molecule has 1 aliphatic rings. The van der Waals surface area contributed by atoms with E-state index in [9.17, 15) is 14.9 Å². The second-order valence-electron chi connectivity index (χ2n) is 9.58. The summed E-state index contributed by atoms with van der Waals surface area (Å²) in [5.74, 6) is -0.0700. The number of nitriles is 1. The molecule has 1 atom stereocenters. The van der Waals surface area contributed by atoms with E-state index in [4.69, 9.17) is 21.1 Å². The fourth-order valence-electron chi connectivity index (χ4n) is 4.71. The molecule has 212 valence electrons. The van der Waals surface area contributed by atoms with Crippen LogP contribution < -0.4 is 19.6 Å². The zero-order valence-electron chi connectivity index (χ0n) is 23.0. The molecule has 0 bridgehead atoms. The lowest BCUT2D eigenvalue weighted by atomic mass is 9.95. The van der Waals surface area contributed by atoms with Crippen LogP contribution in [0.1, 0.15) is 47.7 Å². The summed E-state index contributed by atoms with van der Waals surface area (Å²) in [5.41, 5.74) is 4.37. The third kappa shape index (κ3) is 5.84. The molecule has 1 aromatic heterocycles. The highest BCUT2D eigenvalue weighted by atomic mass is 79.9. The van der Waals surface area contributed by atoms with Crippen LogP contribution in [-0.2, 0) is 16.1 Å². The summed E-state index contributed by atoms with van der Waals surface area (Å²) in [6.45, 7) is 5.86. The predicted molar refractivity (Wildman–Crippen MR) is 166 cm³/mol. The Morgan fingerprint density at radius 3 is 2.62 bits per heavy atom. The van der Waals surface area contributed by atoms with Gasteiger partial charge in [-0.2, -0.15) is 5.26 Å². The van der Waals surface area contributed by atoms with Crippen LogP contribution in [0.25, 0.3) is 6.08 Å². The first-order chi connectivity index (χ1) is 20.2. The second-order valence-corrected chi connectivity index (χ2v) is 11.9. The average molecular weight is 663 g/mol. The van der Waals surface area contributed by atoms with Gasteiger partial charge in [-0.1, -0.05) is 71.0 Å². The van der Waals surface area contributed by atoms with Gasteiger partial charge in [0.25, 0.3) is 5.56 Å². The van der Waals surface area contributed by atoms with Crippen molar-refractivity contribution < 1.29 is 14.3 Å². The number of benzene rings is 3. The lowest BCUT2D eigenvalue weighted by Crippen LogP contribution is -2.39. The normalized spacial score (nSPS) is 14.7. The minimum atomic E-state index is -0.676. The summed E-state index contributed by atoms with van der Waals surface area (Å²) < 4.78 is 13.9. The van der Waals surface area contributed by atoms with Gasteiger partial charge < -0.3 is 9.47 Å². The number of aromatic nitrogens is 1. The molecule has 2 heterocycles. The average Bonchev–Trinajstić information content (AvgIpc) is 3.26. The lowest BCUT2D eigenvalue weighted by Gasteiger charge is -2.24. The summed E-state index contributed by atoms with van der Waals surface area (Å²) >= 11 is 11.4. The standard InChI is InChI=1S/C32H25BrClN3O4S/c1-4-40-31(39)27-19(3)36-32-37(28(27)21-11-9-18(2)10-12-21)30(38)26(42-32)15-20-13-24(33)29(25(34)14-20)41-17-23-8-6-5-7-22(23)16-35/h5-15,28H,4,17H2,1-3H3/b26-15+/t28-/m1/s1. The molecular weight excluding hydrogens is 638 g/mol. The highest BCUT2D eigenvalue weighted by molar-refractivity contribution is 9.10. The molecule has 0 aliphatic carbocycles. The Balaban J connectivity index is 1.55. The molecule has 0 spiro atoms. The molecule has 0 radical (unpaired) electrons. The van der Waals surface area contributed by atoms with E-state index in [1.54, 1.807) is 42.7 Å². The van der Waals surface area contributed by atoms with E-state index in [0.29, 0.717) is 47.0 Å². The van der Waals surface area contributed by atoms with Crippen LogP contribution in [0.4, 0.5) is 0 Å². The van der Waals surface area contributed by atoms with E-state index in [0.717, 1.165) is 16.7 Å². The fourth-order valence-corrected chi connectivity index (χ4v) is 6.75. The number of hydrogen-bond acceptors (Lipinski definition) is 7. The monoisotopic (exact) mass is 661 g/mol. The van der Waals surface area contributed by atoms with Gasteiger partial charge in [0.1, 0.15) is 6.61 Å². The van der Waals surface area contributed by atoms with Crippen molar-refractivity contribution in [2.24, 2.45) is 4.99 Å². The Morgan fingerprint density at radius 1 is 1.19 bits per heavy atom. The van der Waals surface area contributed by atoms with Crippen molar-refractivity contribution in [1.82, 2.24) is 4.57 Å². The smallest absolute Gasteiger partial charge is 0.338 e. The first-order valence-electron chi connectivity index (χ1n) is 13.1. The summed E-state index contributed by atoms with van der Waals surface area (Å²) in [6.07, 6.45) is 1.74. The number of esters is 1. The number of rotatable bonds is 7. The number of aryl methyl sites for hydroxylation is 1. The Morgan fingerprint density at radius 2 is 1.93 bits per heavy atom. The van der Waals surface area contributed by atoms with Gasteiger partial charge in [-0.05, 0) is 72.1 Å². The number of allylic oxidation sites excluding steroid dienone is 1. The Labute approximate surface area is 259 Å². The predicted octanol–water partition coefficient (Wildman–Crippen LogP) is 5.97. The molecule has 3 aromatic carbocycles. The molecular formula is C32H25BrClN3O4S. The van der Waals surface area contributed by atoms with Crippen LogP contribution in [0.3, 0.4) is 0 Å². The van der Waals surface area contributed by atoms with Crippen molar-refractivity contribution >= 4 is 50.9 Å². The highest BCUT2D eigenvalue weighted by Gasteiger charge is 2.33. The SMILES string of the molecule is CCOC(=O)C1=C(C)N=c2s/c(=C/c3cc(Cl)c(OCc4ccccc4C#N)c(Br)c3)c(=O)n2[C@@H]1c1ccc(C)cc1. The van der Waals surface area contributed by atoms with E-state index in [1.807, 2.05) is 49.4 Å².